The van der Waals surface area contributed by atoms with E-state index in [-0.39, 0.29) is 0 Å². The van der Waals surface area contributed by atoms with Gasteiger partial charge in [-0.25, -0.2) is 0 Å². The third-order valence-corrected chi connectivity index (χ3v) is 3.92. The zero-order chi connectivity index (χ0) is 16.1. The summed E-state index contributed by atoms with van der Waals surface area (Å²) in [4.78, 5) is 11.2. The summed E-state index contributed by atoms with van der Waals surface area (Å²) in [5.41, 5.74) is 2.31. The smallest absolute Gasteiger partial charge is 0.226 e. The van der Waals surface area contributed by atoms with Crippen LogP contribution in [-0.4, -0.2) is 26.6 Å². The third kappa shape index (κ3) is 3.74. The van der Waals surface area contributed by atoms with E-state index in [0.717, 1.165) is 43.2 Å². The largest absolute Gasteiger partial charge is 0.339 e. The van der Waals surface area contributed by atoms with Crippen LogP contribution in [0, 0.1) is 0 Å². The van der Waals surface area contributed by atoms with Crippen molar-refractivity contribution in [3.63, 3.8) is 0 Å². The first kappa shape index (κ1) is 15.6. The second kappa shape index (κ2) is 7.33. The Kier molecular flexibility index (Phi) is 4.98. The summed E-state index contributed by atoms with van der Waals surface area (Å²) >= 11 is 0. The third-order valence-electron chi connectivity index (χ3n) is 3.92. The molecule has 5 heteroatoms. The number of nitrogens with zero attached hydrogens (tertiary/aromatic N) is 4. The van der Waals surface area contributed by atoms with E-state index >= 15 is 0 Å². The Morgan fingerprint density at radius 1 is 1.09 bits per heavy atom. The Morgan fingerprint density at radius 2 is 1.96 bits per heavy atom. The number of benzene rings is 1. The lowest BCUT2D eigenvalue weighted by Crippen LogP contribution is -2.23. The van der Waals surface area contributed by atoms with Gasteiger partial charge in [0, 0.05) is 24.5 Å². The molecule has 0 aliphatic heterocycles. The van der Waals surface area contributed by atoms with Crippen molar-refractivity contribution >= 4 is 10.9 Å². The van der Waals surface area contributed by atoms with Crippen LogP contribution in [0.5, 0.6) is 0 Å². The van der Waals surface area contributed by atoms with E-state index in [1.165, 1.54) is 10.9 Å². The van der Waals surface area contributed by atoms with Crippen molar-refractivity contribution in [2.24, 2.45) is 0 Å². The minimum Gasteiger partial charge on any atom is -0.339 e. The molecule has 0 saturated carbocycles. The number of pyridine rings is 1. The highest BCUT2D eigenvalue weighted by molar-refractivity contribution is 5.81. The van der Waals surface area contributed by atoms with Crippen molar-refractivity contribution in [2.75, 3.05) is 6.54 Å². The summed E-state index contributed by atoms with van der Waals surface area (Å²) in [6, 6.07) is 10.3. The van der Waals surface area contributed by atoms with Crippen LogP contribution in [0.25, 0.3) is 10.9 Å². The van der Waals surface area contributed by atoms with E-state index in [0.29, 0.717) is 6.54 Å². The molecule has 0 atom stereocenters. The summed E-state index contributed by atoms with van der Waals surface area (Å²) in [5.74, 6) is 1.49. The molecular formula is C18H22N4O. The SMILES string of the molecule is CCCc1nc(CN(CC)Cc2ccnc3ccccc23)no1. The van der Waals surface area contributed by atoms with Gasteiger partial charge >= 0.3 is 0 Å². The lowest BCUT2D eigenvalue weighted by Gasteiger charge is -2.19. The molecule has 0 bridgehead atoms. The van der Waals surface area contributed by atoms with Crippen molar-refractivity contribution in [3.05, 3.63) is 53.8 Å². The van der Waals surface area contributed by atoms with Gasteiger partial charge in [-0.1, -0.05) is 37.2 Å². The van der Waals surface area contributed by atoms with Crippen molar-refractivity contribution in [1.82, 2.24) is 20.0 Å². The lowest BCUT2D eigenvalue weighted by atomic mass is 10.1. The van der Waals surface area contributed by atoms with Gasteiger partial charge in [0.25, 0.3) is 0 Å². The van der Waals surface area contributed by atoms with Gasteiger partial charge < -0.3 is 4.52 Å². The van der Waals surface area contributed by atoms with Crippen LogP contribution in [0.15, 0.2) is 41.1 Å². The predicted molar refractivity (Wildman–Crippen MR) is 89.8 cm³/mol. The van der Waals surface area contributed by atoms with E-state index in [1.54, 1.807) is 0 Å². The molecule has 5 nitrogen and oxygen atoms in total. The molecule has 0 amide bonds. The number of fused-ring (bicyclic) bond motifs is 1. The molecule has 0 radical (unpaired) electrons. The standard InChI is InChI=1S/C18H22N4O/c1-3-7-18-20-17(21-23-18)13-22(4-2)12-14-10-11-19-16-9-6-5-8-15(14)16/h5-6,8-11H,3-4,7,12-13H2,1-2H3. The molecule has 2 heterocycles. The van der Waals surface area contributed by atoms with Crippen LogP contribution in [0.3, 0.4) is 0 Å². The maximum Gasteiger partial charge on any atom is 0.226 e. The van der Waals surface area contributed by atoms with Crippen LogP contribution in [-0.2, 0) is 19.5 Å². The van der Waals surface area contributed by atoms with Crippen LogP contribution in [0.1, 0.15) is 37.5 Å². The van der Waals surface area contributed by atoms with Crippen LogP contribution < -0.4 is 0 Å². The Bertz CT molecular complexity index is 763. The minimum absolute atomic E-state index is 0.695. The summed E-state index contributed by atoms with van der Waals surface area (Å²) in [6.07, 6.45) is 3.73. The van der Waals surface area contributed by atoms with Crippen LogP contribution in [0.4, 0.5) is 0 Å². The number of para-hydroxylation sites is 1. The molecule has 0 spiro atoms. The summed E-state index contributed by atoms with van der Waals surface area (Å²) in [7, 11) is 0. The summed E-state index contributed by atoms with van der Waals surface area (Å²) in [6.45, 7) is 6.72. The molecule has 3 rings (SSSR count). The topological polar surface area (TPSA) is 55.1 Å². The van der Waals surface area contributed by atoms with Gasteiger partial charge in [-0.3, -0.25) is 9.88 Å². The fourth-order valence-electron chi connectivity index (χ4n) is 2.68. The molecule has 0 aliphatic carbocycles. The van der Waals surface area contributed by atoms with Crippen LogP contribution in [0.2, 0.25) is 0 Å². The fraction of sp³-hybridized carbons (Fsp3) is 0.389. The molecule has 0 aliphatic rings. The molecule has 0 saturated heterocycles. The van der Waals surface area contributed by atoms with E-state index in [2.05, 4.69) is 52.1 Å². The molecule has 2 aromatic heterocycles. The van der Waals surface area contributed by atoms with Gasteiger partial charge in [-0.05, 0) is 30.7 Å². The lowest BCUT2D eigenvalue weighted by molar-refractivity contribution is 0.259. The highest BCUT2D eigenvalue weighted by Gasteiger charge is 2.12. The fourth-order valence-corrected chi connectivity index (χ4v) is 2.68. The van der Waals surface area contributed by atoms with Crippen molar-refractivity contribution in [2.45, 2.75) is 39.8 Å². The van der Waals surface area contributed by atoms with E-state index < -0.39 is 0 Å². The zero-order valence-corrected chi connectivity index (χ0v) is 13.7. The minimum atomic E-state index is 0.695. The highest BCUT2D eigenvalue weighted by Crippen LogP contribution is 2.18. The maximum absolute atomic E-state index is 5.27. The predicted octanol–water partition coefficient (Wildman–Crippen LogP) is 3.59. The molecule has 0 N–H and O–H groups in total. The van der Waals surface area contributed by atoms with Gasteiger partial charge in [0.1, 0.15) is 0 Å². The van der Waals surface area contributed by atoms with Gasteiger partial charge in [0.05, 0.1) is 12.1 Å². The number of rotatable bonds is 7. The van der Waals surface area contributed by atoms with Gasteiger partial charge in [-0.2, -0.15) is 4.98 Å². The summed E-state index contributed by atoms with van der Waals surface area (Å²) in [5, 5.41) is 5.29. The average molecular weight is 310 g/mol. The van der Waals surface area contributed by atoms with E-state index in [4.69, 9.17) is 4.52 Å². The molecule has 120 valence electrons. The van der Waals surface area contributed by atoms with Crippen molar-refractivity contribution < 1.29 is 4.52 Å². The Hall–Kier alpha value is -2.27. The Balaban J connectivity index is 1.75. The van der Waals surface area contributed by atoms with Crippen molar-refractivity contribution in [3.8, 4) is 0 Å². The second-order valence-corrected chi connectivity index (χ2v) is 5.64. The maximum atomic E-state index is 5.27. The zero-order valence-electron chi connectivity index (χ0n) is 13.7. The molecule has 0 fully saturated rings. The second-order valence-electron chi connectivity index (χ2n) is 5.64. The Morgan fingerprint density at radius 3 is 2.78 bits per heavy atom. The average Bonchev–Trinajstić information content (AvgIpc) is 3.02. The van der Waals surface area contributed by atoms with E-state index in [1.807, 2.05) is 18.3 Å². The normalized spacial score (nSPS) is 11.4. The van der Waals surface area contributed by atoms with Gasteiger partial charge in [-0.15, -0.1) is 0 Å². The number of aromatic nitrogens is 3. The molecule has 3 aromatic rings. The van der Waals surface area contributed by atoms with Gasteiger partial charge in [0.15, 0.2) is 5.82 Å². The number of hydrogen-bond acceptors (Lipinski definition) is 5. The quantitative estimate of drug-likeness (QED) is 0.667. The first-order chi connectivity index (χ1) is 11.3. The summed E-state index contributed by atoms with van der Waals surface area (Å²) < 4.78 is 5.27. The molecular weight excluding hydrogens is 288 g/mol. The number of hydrogen-bond donors (Lipinski definition) is 0. The molecule has 0 unspecified atom stereocenters. The first-order valence-corrected chi connectivity index (χ1v) is 8.16. The first-order valence-electron chi connectivity index (χ1n) is 8.16. The van der Waals surface area contributed by atoms with E-state index in [9.17, 15) is 0 Å². The van der Waals surface area contributed by atoms with Gasteiger partial charge in [0.2, 0.25) is 5.89 Å². The highest BCUT2D eigenvalue weighted by atomic mass is 16.5. The monoisotopic (exact) mass is 310 g/mol. The Labute approximate surface area is 136 Å². The van der Waals surface area contributed by atoms with Crippen LogP contribution >= 0.6 is 0 Å². The van der Waals surface area contributed by atoms with Crippen molar-refractivity contribution in [1.29, 1.82) is 0 Å². The molecule has 1 aromatic carbocycles. The number of aryl methyl sites for hydroxylation is 1. The molecule has 23 heavy (non-hydrogen) atoms.